The third-order valence-corrected chi connectivity index (χ3v) is 6.89. The minimum atomic E-state index is -4.54. The van der Waals surface area contributed by atoms with E-state index in [0.29, 0.717) is 48.3 Å². The van der Waals surface area contributed by atoms with Crippen molar-refractivity contribution in [3.05, 3.63) is 99.1 Å². The number of halogens is 4. The summed E-state index contributed by atoms with van der Waals surface area (Å²) < 4.78 is 40.4. The first-order chi connectivity index (χ1) is 18.1. The lowest BCUT2D eigenvalue weighted by atomic mass is 10.0. The Hall–Kier alpha value is -3.89. The number of benzene rings is 2. The molecule has 0 atom stereocenters. The highest BCUT2D eigenvalue weighted by atomic mass is 35.5. The molecule has 0 amide bonds. The number of hydrogen-bond donors (Lipinski definition) is 1. The zero-order valence-corrected chi connectivity index (χ0v) is 20.7. The SMILES string of the molecule is O=C(O)c1c(CN2CCN(c3ncc(C(F)(F)F)cc3Cl)CC2)n(-c2ccccc2)c(=O)c2ccccc12. The van der Waals surface area contributed by atoms with Crippen molar-refractivity contribution in [2.24, 2.45) is 0 Å². The van der Waals surface area contributed by atoms with Crippen LogP contribution >= 0.6 is 11.6 Å². The van der Waals surface area contributed by atoms with E-state index in [9.17, 15) is 27.9 Å². The van der Waals surface area contributed by atoms with Gasteiger partial charge in [-0.1, -0.05) is 48.0 Å². The number of carboxylic acid groups (broad SMARTS) is 1. The molecule has 0 bridgehead atoms. The number of aromatic nitrogens is 2. The van der Waals surface area contributed by atoms with E-state index in [2.05, 4.69) is 4.98 Å². The molecule has 3 heterocycles. The summed E-state index contributed by atoms with van der Waals surface area (Å²) in [5.74, 6) is -0.877. The molecule has 1 N–H and O–H groups in total. The predicted molar refractivity (Wildman–Crippen MR) is 138 cm³/mol. The molecular formula is C27H22ClF3N4O3. The van der Waals surface area contributed by atoms with Crippen molar-refractivity contribution in [3.63, 3.8) is 0 Å². The number of carboxylic acids is 1. The largest absolute Gasteiger partial charge is 0.478 e. The zero-order valence-electron chi connectivity index (χ0n) is 20.0. The van der Waals surface area contributed by atoms with Gasteiger partial charge in [-0.05, 0) is 24.3 Å². The lowest BCUT2D eigenvalue weighted by molar-refractivity contribution is -0.137. The van der Waals surface area contributed by atoms with Crippen LogP contribution in [0, 0.1) is 0 Å². The Balaban J connectivity index is 1.48. The number of alkyl halides is 3. The molecule has 2 aromatic heterocycles. The van der Waals surface area contributed by atoms with E-state index in [1.807, 2.05) is 11.0 Å². The summed E-state index contributed by atoms with van der Waals surface area (Å²) in [6.07, 6.45) is -3.77. The molecule has 7 nitrogen and oxygen atoms in total. The maximum atomic E-state index is 13.6. The number of fused-ring (bicyclic) bond motifs is 1. The molecule has 196 valence electrons. The second kappa shape index (κ2) is 10.1. The van der Waals surface area contributed by atoms with Crippen LogP contribution in [0.3, 0.4) is 0 Å². The highest BCUT2D eigenvalue weighted by Crippen LogP contribution is 2.34. The maximum Gasteiger partial charge on any atom is 0.417 e. The second-order valence-corrected chi connectivity index (χ2v) is 9.35. The number of hydrogen-bond acceptors (Lipinski definition) is 5. The third-order valence-electron chi connectivity index (χ3n) is 6.61. The summed E-state index contributed by atoms with van der Waals surface area (Å²) in [5, 5.41) is 10.8. The Morgan fingerprint density at radius 1 is 0.974 bits per heavy atom. The number of para-hydroxylation sites is 1. The summed E-state index contributed by atoms with van der Waals surface area (Å²) in [7, 11) is 0. The van der Waals surface area contributed by atoms with Crippen molar-refractivity contribution < 1.29 is 23.1 Å². The average Bonchev–Trinajstić information content (AvgIpc) is 2.89. The number of anilines is 1. The van der Waals surface area contributed by atoms with E-state index in [1.165, 1.54) is 4.57 Å². The number of pyridine rings is 2. The Kier molecular flexibility index (Phi) is 6.85. The lowest BCUT2D eigenvalue weighted by Gasteiger charge is -2.36. The molecule has 0 unspecified atom stereocenters. The van der Waals surface area contributed by atoms with Gasteiger partial charge in [0, 0.05) is 55.4 Å². The van der Waals surface area contributed by atoms with Crippen LogP contribution in [0.5, 0.6) is 0 Å². The molecule has 1 fully saturated rings. The first-order valence-corrected chi connectivity index (χ1v) is 12.2. The van der Waals surface area contributed by atoms with Gasteiger partial charge in [0.1, 0.15) is 5.82 Å². The van der Waals surface area contributed by atoms with Crippen LogP contribution in [0.1, 0.15) is 21.6 Å². The summed E-state index contributed by atoms with van der Waals surface area (Å²) >= 11 is 6.13. The highest BCUT2D eigenvalue weighted by Gasteiger charge is 2.32. The van der Waals surface area contributed by atoms with Gasteiger partial charge in [-0.2, -0.15) is 13.2 Å². The van der Waals surface area contributed by atoms with Crippen molar-refractivity contribution in [1.82, 2.24) is 14.5 Å². The standard InChI is InChI=1S/C27H22ClF3N4O3/c28-21-14-17(27(29,30)31)15-32-24(21)34-12-10-33(11-13-34)16-22-23(26(37)38)19-8-4-5-9-20(19)25(36)35(22)18-6-2-1-3-7-18/h1-9,14-15H,10-13,16H2,(H,37,38). The molecular weight excluding hydrogens is 521 g/mol. The van der Waals surface area contributed by atoms with Crippen LogP contribution in [0.4, 0.5) is 19.0 Å². The quantitative estimate of drug-likeness (QED) is 0.379. The monoisotopic (exact) mass is 542 g/mol. The summed E-state index contributed by atoms with van der Waals surface area (Å²) in [5.41, 5.74) is -0.266. The van der Waals surface area contributed by atoms with E-state index in [0.717, 1.165) is 12.3 Å². The predicted octanol–water partition coefficient (Wildman–Crippen LogP) is 5.08. The lowest BCUT2D eigenvalue weighted by Crippen LogP contribution is -2.47. The fourth-order valence-corrected chi connectivity index (χ4v) is 5.07. The zero-order chi connectivity index (χ0) is 27.0. The van der Waals surface area contributed by atoms with Crippen molar-refractivity contribution >= 4 is 34.2 Å². The molecule has 2 aromatic carbocycles. The van der Waals surface area contributed by atoms with Gasteiger partial charge >= 0.3 is 12.1 Å². The van der Waals surface area contributed by atoms with E-state index in [4.69, 9.17) is 11.6 Å². The first kappa shape index (κ1) is 25.7. The molecule has 0 saturated carbocycles. The summed E-state index contributed by atoms with van der Waals surface area (Å²) in [4.78, 5) is 33.8. The number of nitrogens with zero attached hydrogens (tertiary/aromatic N) is 4. The van der Waals surface area contributed by atoms with Crippen LogP contribution < -0.4 is 10.5 Å². The van der Waals surface area contributed by atoms with Crippen LogP contribution in [0.2, 0.25) is 5.02 Å². The van der Waals surface area contributed by atoms with E-state index < -0.39 is 17.7 Å². The van der Waals surface area contributed by atoms with Gasteiger partial charge in [-0.15, -0.1) is 0 Å². The minimum absolute atomic E-state index is 0.0546. The van der Waals surface area contributed by atoms with Crippen molar-refractivity contribution in [3.8, 4) is 5.69 Å². The van der Waals surface area contributed by atoms with Crippen molar-refractivity contribution in [1.29, 1.82) is 0 Å². The normalized spacial score (nSPS) is 14.7. The van der Waals surface area contributed by atoms with Gasteiger partial charge < -0.3 is 10.0 Å². The van der Waals surface area contributed by atoms with Crippen LogP contribution in [-0.4, -0.2) is 51.7 Å². The molecule has 5 rings (SSSR count). The minimum Gasteiger partial charge on any atom is -0.478 e. The average molecular weight is 543 g/mol. The summed E-state index contributed by atoms with van der Waals surface area (Å²) in [6.45, 7) is 1.90. The Morgan fingerprint density at radius 2 is 1.61 bits per heavy atom. The van der Waals surface area contributed by atoms with Crippen LogP contribution in [0.15, 0.2) is 71.7 Å². The molecule has 38 heavy (non-hydrogen) atoms. The molecule has 0 spiro atoms. The first-order valence-electron chi connectivity index (χ1n) is 11.8. The number of piperazine rings is 1. The Morgan fingerprint density at radius 3 is 2.21 bits per heavy atom. The fourth-order valence-electron chi connectivity index (χ4n) is 4.78. The summed E-state index contributed by atoms with van der Waals surface area (Å²) in [6, 6.07) is 16.4. The molecule has 4 aromatic rings. The van der Waals surface area contributed by atoms with Crippen LogP contribution in [-0.2, 0) is 12.7 Å². The van der Waals surface area contributed by atoms with Gasteiger partial charge in [0.2, 0.25) is 0 Å². The molecule has 11 heteroatoms. The topological polar surface area (TPSA) is 78.7 Å². The van der Waals surface area contributed by atoms with Gasteiger partial charge in [0.15, 0.2) is 0 Å². The molecule has 0 aliphatic carbocycles. The molecule has 1 aliphatic heterocycles. The number of carbonyl (C=O) groups is 1. The van der Waals surface area contributed by atoms with E-state index >= 15 is 0 Å². The maximum absolute atomic E-state index is 13.6. The second-order valence-electron chi connectivity index (χ2n) is 8.94. The molecule has 0 radical (unpaired) electrons. The van der Waals surface area contributed by atoms with Crippen molar-refractivity contribution in [2.75, 3.05) is 31.1 Å². The van der Waals surface area contributed by atoms with Crippen molar-refractivity contribution in [2.45, 2.75) is 12.7 Å². The Labute approximate surface area is 220 Å². The fraction of sp³-hybridized carbons (Fsp3) is 0.222. The van der Waals surface area contributed by atoms with Gasteiger partial charge in [-0.3, -0.25) is 14.3 Å². The number of rotatable bonds is 5. The van der Waals surface area contributed by atoms with E-state index in [-0.39, 0.29) is 28.5 Å². The van der Waals surface area contributed by atoms with Crippen LogP contribution in [0.25, 0.3) is 16.5 Å². The highest BCUT2D eigenvalue weighted by molar-refractivity contribution is 6.33. The Bertz CT molecular complexity index is 1570. The molecule has 1 saturated heterocycles. The number of aromatic carboxylic acids is 1. The van der Waals surface area contributed by atoms with Gasteiger partial charge in [0.25, 0.3) is 5.56 Å². The van der Waals surface area contributed by atoms with E-state index in [1.54, 1.807) is 53.4 Å². The van der Waals surface area contributed by atoms with Gasteiger partial charge in [-0.25, -0.2) is 9.78 Å². The molecule has 1 aliphatic rings. The smallest absolute Gasteiger partial charge is 0.417 e. The third kappa shape index (κ3) is 4.84. The van der Waals surface area contributed by atoms with Gasteiger partial charge in [0.05, 0.1) is 21.8 Å².